The lowest BCUT2D eigenvalue weighted by atomic mass is 9.89. The van der Waals surface area contributed by atoms with E-state index in [1.54, 1.807) is 14.2 Å². The van der Waals surface area contributed by atoms with Crippen LogP contribution in [0.5, 0.6) is 23.0 Å². The molecule has 0 radical (unpaired) electrons. The van der Waals surface area contributed by atoms with Crippen LogP contribution in [0.1, 0.15) is 43.0 Å². The van der Waals surface area contributed by atoms with Gasteiger partial charge in [0, 0.05) is 13.1 Å². The molecule has 6 heteroatoms. The minimum Gasteiger partial charge on any atom is -0.493 e. The molecule has 0 fully saturated rings. The standard InChI is InChI=1S/C26H38N2O4/c1-18(2)10-13-31-22-8-7-20(16-23(22)29-5)26-21-17-25(32-14-12-28(3)4)24(30-6)15-19(21)9-11-27-26/h7-8,15-18,26-27H,9-14H2,1-6H3. The van der Waals surface area contributed by atoms with Crippen LogP contribution in [0.3, 0.4) is 0 Å². The van der Waals surface area contributed by atoms with Crippen molar-refractivity contribution in [2.75, 3.05) is 54.6 Å². The van der Waals surface area contributed by atoms with Crippen molar-refractivity contribution in [1.82, 2.24) is 10.2 Å². The third kappa shape index (κ3) is 6.08. The van der Waals surface area contributed by atoms with Crippen molar-refractivity contribution in [3.63, 3.8) is 0 Å². The molecule has 6 nitrogen and oxygen atoms in total. The van der Waals surface area contributed by atoms with Gasteiger partial charge in [0.25, 0.3) is 0 Å². The van der Waals surface area contributed by atoms with Crippen molar-refractivity contribution in [1.29, 1.82) is 0 Å². The highest BCUT2D eigenvalue weighted by molar-refractivity contribution is 5.53. The molecule has 176 valence electrons. The topological polar surface area (TPSA) is 52.2 Å². The molecule has 0 amide bonds. The molecule has 1 N–H and O–H groups in total. The molecule has 1 atom stereocenters. The van der Waals surface area contributed by atoms with E-state index in [0.717, 1.165) is 54.5 Å². The quantitative estimate of drug-likeness (QED) is 0.560. The molecule has 1 unspecified atom stereocenters. The molecule has 0 spiro atoms. The summed E-state index contributed by atoms with van der Waals surface area (Å²) in [6.07, 6.45) is 1.97. The molecular weight excluding hydrogens is 404 g/mol. The van der Waals surface area contributed by atoms with E-state index < -0.39 is 0 Å². The Morgan fingerprint density at radius 2 is 1.66 bits per heavy atom. The molecule has 0 aliphatic carbocycles. The number of likely N-dealkylation sites (N-methyl/N-ethyl adjacent to an activating group) is 1. The van der Waals surface area contributed by atoms with Gasteiger partial charge in [0.05, 0.1) is 26.9 Å². The van der Waals surface area contributed by atoms with Gasteiger partial charge in [-0.05, 0) is 73.8 Å². The Balaban J connectivity index is 1.87. The lowest BCUT2D eigenvalue weighted by molar-refractivity contribution is 0.250. The number of ether oxygens (including phenoxy) is 4. The molecule has 0 saturated heterocycles. The van der Waals surface area contributed by atoms with Gasteiger partial charge in [0.1, 0.15) is 6.61 Å². The molecular formula is C26H38N2O4. The molecule has 2 aromatic rings. The average molecular weight is 443 g/mol. The number of methoxy groups -OCH3 is 2. The zero-order chi connectivity index (χ0) is 23.1. The first-order chi connectivity index (χ1) is 15.4. The van der Waals surface area contributed by atoms with E-state index in [2.05, 4.69) is 48.3 Å². The SMILES string of the molecule is COc1cc(C2NCCc3cc(OC)c(OCCN(C)C)cc32)ccc1OCCC(C)C. The van der Waals surface area contributed by atoms with Crippen LogP contribution in [0.4, 0.5) is 0 Å². The molecule has 0 aromatic heterocycles. The van der Waals surface area contributed by atoms with Crippen molar-refractivity contribution in [3.8, 4) is 23.0 Å². The van der Waals surface area contributed by atoms with Gasteiger partial charge in [0.15, 0.2) is 23.0 Å². The van der Waals surface area contributed by atoms with Crippen molar-refractivity contribution >= 4 is 0 Å². The maximum absolute atomic E-state index is 6.08. The smallest absolute Gasteiger partial charge is 0.161 e. The monoisotopic (exact) mass is 442 g/mol. The van der Waals surface area contributed by atoms with E-state index in [1.165, 1.54) is 11.1 Å². The van der Waals surface area contributed by atoms with Gasteiger partial charge in [-0.1, -0.05) is 19.9 Å². The zero-order valence-corrected chi connectivity index (χ0v) is 20.4. The van der Waals surface area contributed by atoms with E-state index in [-0.39, 0.29) is 6.04 Å². The van der Waals surface area contributed by atoms with Crippen LogP contribution in [0, 0.1) is 5.92 Å². The Morgan fingerprint density at radius 1 is 0.938 bits per heavy atom. The molecule has 1 aliphatic rings. The van der Waals surface area contributed by atoms with Gasteiger partial charge in [0.2, 0.25) is 0 Å². The van der Waals surface area contributed by atoms with Gasteiger partial charge in [-0.15, -0.1) is 0 Å². The largest absolute Gasteiger partial charge is 0.493 e. The summed E-state index contributed by atoms with van der Waals surface area (Å²) in [7, 11) is 7.47. The Hall–Kier alpha value is -2.44. The second kappa shape index (κ2) is 11.4. The maximum atomic E-state index is 6.08. The number of hydrogen-bond acceptors (Lipinski definition) is 6. The number of nitrogens with zero attached hydrogens (tertiary/aromatic N) is 1. The van der Waals surface area contributed by atoms with Gasteiger partial charge in [-0.2, -0.15) is 0 Å². The summed E-state index contributed by atoms with van der Waals surface area (Å²) in [6.45, 7) is 7.43. The lowest BCUT2D eigenvalue weighted by Crippen LogP contribution is -2.30. The summed E-state index contributed by atoms with van der Waals surface area (Å²) in [6, 6.07) is 10.5. The first kappa shape index (κ1) is 24.2. The minimum atomic E-state index is 0.0551. The summed E-state index contributed by atoms with van der Waals surface area (Å²) in [5.74, 6) is 3.72. The molecule has 1 aliphatic heterocycles. The first-order valence-electron chi connectivity index (χ1n) is 11.4. The number of fused-ring (bicyclic) bond motifs is 1. The van der Waals surface area contributed by atoms with Gasteiger partial charge >= 0.3 is 0 Å². The fraction of sp³-hybridized carbons (Fsp3) is 0.538. The van der Waals surface area contributed by atoms with E-state index in [1.807, 2.05) is 20.2 Å². The fourth-order valence-electron chi connectivity index (χ4n) is 3.86. The average Bonchev–Trinajstić information content (AvgIpc) is 2.78. The van der Waals surface area contributed by atoms with Gasteiger partial charge in [-0.25, -0.2) is 0 Å². The second-order valence-corrected chi connectivity index (χ2v) is 8.93. The number of benzene rings is 2. The summed E-state index contributed by atoms with van der Waals surface area (Å²) >= 11 is 0. The van der Waals surface area contributed by atoms with Crippen molar-refractivity contribution in [2.24, 2.45) is 5.92 Å². The zero-order valence-electron chi connectivity index (χ0n) is 20.4. The number of hydrogen-bond donors (Lipinski definition) is 1. The second-order valence-electron chi connectivity index (χ2n) is 8.93. The molecule has 0 saturated carbocycles. The van der Waals surface area contributed by atoms with Crippen LogP contribution in [0.15, 0.2) is 30.3 Å². The Morgan fingerprint density at radius 3 is 2.34 bits per heavy atom. The number of nitrogens with one attached hydrogen (secondary N) is 1. The summed E-state index contributed by atoms with van der Waals surface area (Å²) in [5.41, 5.74) is 3.64. The van der Waals surface area contributed by atoms with E-state index in [4.69, 9.17) is 18.9 Å². The molecule has 0 bridgehead atoms. The van der Waals surface area contributed by atoms with Crippen LogP contribution in [0.2, 0.25) is 0 Å². The summed E-state index contributed by atoms with van der Waals surface area (Å²) in [4.78, 5) is 2.10. The number of rotatable bonds is 11. The van der Waals surface area contributed by atoms with Crippen LogP contribution < -0.4 is 24.3 Å². The van der Waals surface area contributed by atoms with Crippen molar-refractivity contribution < 1.29 is 18.9 Å². The van der Waals surface area contributed by atoms with Crippen molar-refractivity contribution in [3.05, 3.63) is 47.0 Å². The third-order valence-electron chi connectivity index (χ3n) is 5.75. The van der Waals surface area contributed by atoms with Crippen LogP contribution >= 0.6 is 0 Å². The van der Waals surface area contributed by atoms with Gasteiger partial charge in [-0.3, -0.25) is 0 Å². The van der Waals surface area contributed by atoms with E-state index >= 15 is 0 Å². The molecule has 1 heterocycles. The minimum absolute atomic E-state index is 0.0551. The normalized spacial score (nSPS) is 15.6. The predicted molar refractivity (Wildman–Crippen MR) is 129 cm³/mol. The highest BCUT2D eigenvalue weighted by atomic mass is 16.5. The maximum Gasteiger partial charge on any atom is 0.161 e. The first-order valence-corrected chi connectivity index (χ1v) is 11.4. The Kier molecular flexibility index (Phi) is 8.65. The molecule has 3 rings (SSSR count). The Bertz CT molecular complexity index is 882. The van der Waals surface area contributed by atoms with Crippen LogP contribution in [-0.4, -0.2) is 59.5 Å². The summed E-state index contributed by atoms with van der Waals surface area (Å²) < 4.78 is 23.3. The van der Waals surface area contributed by atoms with Gasteiger partial charge < -0.3 is 29.2 Å². The van der Waals surface area contributed by atoms with Crippen molar-refractivity contribution in [2.45, 2.75) is 32.7 Å². The van der Waals surface area contributed by atoms with Crippen LogP contribution in [0.25, 0.3) is 0 Å². The fourth-order valence-corrected chi connectivity index (χ4v) is 3.86. The Labute approximate surface area is 192 Å². The lowest BCUT2D eigenvalue weighted by Gasteiger charge is -2.29. The van der Waals surface area contributed by atoms with E-state index in [9.17, 15) is 0 Å². The van der Waals surface area contributed by atoms with Crippen LogP contribution in [-0.2, 0) is 6.42 Å². The predicted octanol–water partition coefficient (Wildman–Crippen LogP) is 4.30. The summed E-state index contributed by atoms with van der Waals surface area (Å²) in [5, 5.41) is 3.66. The highest BCUT2D eigenvalue weighted by Gasteiger charge is 2.25. The molecule has 32 heavy (non-hydrogen) atoms. The third-order valence-corrected chi connectivity index (χ3v) is 5.75. The highest BCUT2D eigenvalue weighted by Crippen LogP contribution is 2.39. The van der Waals surface area contributed by atoms with E-state index in [0.29, 0.717) is 19.1 Å². The molecule has 2 aromatic carbocycles.